The number of hydrogen-bond acceptors (Lipinski definition) is 2. The van der Waals surface area contributed by atoms with Crippen LogP contribution in [0.15, 0.2) is 60.7 Å². The molecule has 32 heavy (non-hydrogen) atoms. The molecule has 0 aromatic heterocycles. The van der Waals surface area contributed by atoms with Crippen molar-refractivity contribution in [2.75, 3.05) is 13.2 Å². The van der Waals surface area contributed by atoms with Crippen molar-refractivity contribution in [2.24, 2.45) is 0 Å². The SMILES string of the molecule is CC(C)(C)[Si](OCCCCCCCCCCCCCO)(c1ccccc1)c1ccccc1. The molecule has 0 aliphatic rings. The first kappa shape index (κ1) is 26.8. The molecule has 0 atom stereocenters. The van der Waals surface area contributed by atoms with Gasteiger partial charge in [-0.1, -0.05) is 139 Å². The fraction of sp³-hybridized carbons (Fsp3) is 0.586. The number of unbranched alkanes of at least 4 members (excludes halogenated alkanes) is 10. The van der Waals surface area contributed by atoms with Crippen molar-refractivity contribution in [1.82, 2.24) is 0 Å². The number of hydrogen-bond donors (Lipinski definition) is 1. The van der Waals surface area contributed by atoms with Crippen molar-refractivity contribution in [3.05, 3.63) is 60.7 Å². The Morgan fingerprint density at radius 2 is 0.969 bits per heavy atom. The van der Waals surface area contributed by atoms with E-state index in [9.17, 15) is 0 Å². The summed E-state index contributed by atoms with van der Waals surface area (Å²) in [6, 6.07) is 21.9. The van der Waals surface area contributed by atoms with E-state index in [1.54, 1.807) is 0 Å². The molecule has 2 nitrogen and oxygen atoms in total. The van der Waals surface area contributed by atoms with Gasteiger partial charge in [-0.3, -0.25) is 0 Å². The van der Waals surface area contributed by atoms with Crippen LogP contribution in [0.1, 0.15) is 91.4 Å². The highest BCUT2D eigenvalue weighted by atomic mass is 28.4. The van der Waals surface area contributed by atoms with Gasteiger partial charge in [0.25, 0.3) is 8.32 Å². The molecule has 0 fully saturated rings. The smallest absolute Gasteiger partial charge is 0.261 e. The molecule has 0 unspecified atom stereocenters. The Kier molecular flexibility index (Phi) is 12.3. The summed E-state index contributed by atoms with van der Waals surface area (Å²) >= 11 is 0. The lowest BCUT2D eigenvalue weighted by Gasteiger charge is -2.43. The third-order valence-electron chi connectivity index (χ3n) is 6.54. The summed E-state index contributed by atoms with van der Waals surface area (Å²) in [5.74, 6) is 0. The predicted octanol–water partition coefficient (Wildman–Crippen LogP) is 6.85. The number of rotatable bonds is 16. The van der Waals surface area contributed by atoms with Crippen LogP contribution in [0, 0.1) is 0 Å². The Bertz CT molecular complexity index is 669. The van der Waals surface area contributed by atoms with Gasteiger partial charge in [0.15, 0.2) is 0 Å². The Labute approximate surface area is 198 Å². The second kappa shape index (κ2) is 14.7. The Hall–Kier alpha value is -1.42. The molecule has 2 aromatic rings. The van der Waals surface area contributed by atoms with E-state index in [4.69, 9.17) is 9.53 Å². The largest absolute Gasteiger partial charge is 0.407 e. The lowest BCUT2D eigenvalue weighted by molar-refractivity contribution is 0.282. The van der Waals surface area contributed by atoms with Crippen molar-refractivity contribution in [1.29, 1.82) is 0 Å². The quantitative estimate of drug-likeness (QED) is 0.222. The average Bonchev–Trinajstić information content (AvgIpc) is 2.80. The van der Waals surface area contributed by atoms with Gasteiger partial charge in [0, 0.05) is 13.2 Å². The minimum atomic E-state index is -2.37. The summed E-state index contributed by atoms with van der Waals surface area (Å²) < 4.78 is 6.98. The van der Waals surface area contributed by atoms with Gasteiger partial charge in [0.2, 0.25) is 0 Å². The maximum Gasteiger partial charge on any atom is 0.261 e. The van der Waals surface area contributed by atoms with Crippen molar-refractivity contribution < 1.29 is 9.53 Å². The van der Waals surface area contributed by atoms with Crippen LogP contribution in [0.2, 0.25) is 5.04 Å². The van der Waals surface area contributed by atoms with E-state index >= 15 is 0 Å². The van der Waals surface area contributed by atoms with E-state index in [1.165, 1.54) is 68.2 Å². The molecule has 0 aliphatic heterocycles. The molecule has 0 amide bonds. The van der Waals surface area contributed by atoms with Crippen LogP contribution in [0.25, 0.3) is 0 Å². The maximum atomic E-state index is 8.82. The van der Waals surface area contributed by atoms with Crippen molar-refractivity contribution in [3.8, 4) is 0 Å². The molecule has 2 rings (SSSR count). The second-order valence-corrected chi connectivity index (χ2v) is 14.4. The van der Waals surface area contributed by atoms with Crippen molar-refractivity contribution >= 4 is 18.7 Å². The monoisotopic (exact) mass is 454 g/mol. The first-order valence-electron chi connectivity index (χ1n) is 12.9. The zero-order valence-electron chi connectivity index (χ0n) is 20.8. The van der Waals surface area contributed by atoms with Gasteiger partial charge in [0.05, 0.1) is 0 Å². The molecule has 178 valence electrons. The lowest BCUT2D eigenvalue weighted by Crippen LogP contribution is -2.66. The van der Waals surface area contributed by atoms with E-state index in [-0.39, 0.29) is 5.04 Å². The topological polar surface area (TPSA) is 29.5 Å². The fourth-order valence-electron chi connectivity index (χ4n) is 4.79. The Morgan fingerprint density at radius 1 is 0.594 bits per heavy atom. The molecule has 1 N–H and O–H groups in total. The van der Waals surface area contributed by atoms with Crippen molar-refractivity contribution in [3.63, 3.8) is 0 Å². The second-order valence-electron chi connectivity index (χ2n) is 10.1. The number of aliphatic hydroxyl groups excluding tert-OH is 1. The van der Waals surface area contributed by atoms with Gasteiger partial charge in [0.1, 0.15) is 0 Å². The van der Waals surface area contributed by atoms with Crippen LogP contribution in [0.5, 0.6) is 0 Å². The Morgan fingerprint density at radius 3 is 1.34 bits per heavy atom. The van der Waals surface area contributed by atoms with Crippen LogP contribution in [0.4, 0.5) is 0 Å². The molecule has 0 saturated heterocycles. The van der Waals surface area contributed by atoms with Gasteiger partial charge in [-0.2, -0.15) is 0 Å². The normalized spacial score (nSPS) is 12.2. The highest BCUT2D eigenvalue weighted by Gasteiger charge is 2.49. The molecule has 0 radical (unpaired) electrons. The minimum absolute atomic E-state index is 0.0624. The van der Waals surface area contributed by atoms with E-state index in [0.717, 1.165) is 19.4 Å². The zero-order valence-corrected chi connectivity index (χ0v) is 21.8. The van der Waals surface area contributed by atoms with Gasteiger partial charge >= 0.3 is 0 Å². The van der Waals surface area contributed by atoms with Crippen LogP contribution in [0.3, 0.4) is 0 Å². The molecule has 2 aromatic carbocycles. The first-order chi connectivity index (χ1) is 15.5. The molecule has 0 saturated carbocycles. The van der Waals surface area contributed by atoms with Gasteiger partial charge < -0.3 is 9.53 Å². The summed E-state index contributed by atoms with van der Waals surface area (Å²) in [6.07, 6.45) is 13.9. The molecular formula is C29H46O2Si. The predicted molar refractivity (Wildman–Crippen MR) is 141 cm³/mol. The third kappa shape index (κ3) is 8.17. The summed E-state index contributed by atoms with van der Waals surface area (Å²) in [6.45, 7) is 8.24. The molecule has 3 heteroatoms. The van der Waals surface area contributed by atoms with Gasteiger partial charge in [-0.15, -0.1) is 0 Å². The highest BCUT2D eigenvalue weighted by molar-refractivity contribution is 6.99. The molecule has 0 heterocycles. The fourth-order valence-corrected chi connectivity index (χ4v) is 9.40. The third-order valence-corrected chi connectivity index (χ3v) is 11.6. The first-order valence-corrected chi connectivity index (χ1v) is 14.8. The number of aliphatic hydroxyl groups is 1. The van der Waals surface area contributed by atoms with E-state index in [2.05, 4.69) is 81.4 Å². The average molecular weight is 455 g/mol. The van der Waals surface area contributed by atoms with E-state index in [0.29, 0.717) is 6.61 Å². The van der Waals surface area contributed by atoms with Crippen LogP contribution in [-0.4, -0.2) is 26.6 Å². The summed E-state index contributed by atoms with van der Waals surface area (Å²) in [7, 11) is -2.37. The zero-order chi connectivity index (χ0) is 23.1. The molecule has 0 aliphatic carbocycles. The molecule has 0 spiro atoms. The highest BCUT2D eigenvalue weighted by Crippen LogP contribution is 2.36. The van der Waals surface area contributed by atoms with Gasteiger partial charge in [-0.25, -0.2) is 0 Å². The van der Waals surface area contributed by atoms with Crippen LogP contribution >= 0.6 is 0 Å². The summed E-state index contributed by atoms with van der Waals surface area (Å²) in [4.78, 5) is 0. The summed E-state index contributed by atoms with van der Waals surface area (Å²) in [5.41, 5.74) is 0. The van der Waals surface area contributed by atoms with Crippen LogP contribution < -0.4 is 10.4 Å². The number of benzene rings is 2. The van der Waals surface area contributed by atoms with E-state index < -0.39 is 8.32 Å². The lowest BCUT2D eigenvalue weighted by atomic mass is 10.1. The molecule has 0 bridgehead atoms. The van der Waals surface area contributed by atoms with Gasteiger partial charge in [-0.05, 0) is 28.3 Å². The van der Waals surface area contributed by atoms with Crippen LogP contribution in [-0.2, 0) is 4.43 Å². The standard InChI is InChI=1S/C29H46O2Si/c1-29(2,3)32(27-21-15-13-16-22-27,28-23-17-14-18-24-28)31-26-20-12-10-8-6-4-5-7-9-11-19-25-30/h13-18,21-24,30H,4-12,19-20,25-26H2,1-3H3. The molecular weight excluding hydrogens is 408 g/mol. The minimum Gasteiger partial charge on any atom is -0.407 e. The van der Waals surface area contributed by atoms with Crippen molar-refractivity contribution in [2.45, 2.75) is 96.4 Å². The maximum absolute atomic E-state index is 8.82. The van der Waals surface area contributed by atoms with E-state index in [1.807, 2.05) is 0 Å². The Balaban J connectivity index is 1.82. The summed E-state index contributed by atoms with van der Waals surface area (Å²) in [5, 5.41) is 11.6.